The Bertz CT molecular complexity index is 3550. The monoisotopic (exact) mass is 795 g/mol. The highest BCUT2D eigenvalue weighted by molar-refractivity contribution is 7.27. The Morgan fingerprint density at radius 1 is 0.295 bits per heavy atom. The Labute approximate surface area is 357 Å². The lowest BCUT2D eigenvalue weighted by Crippen LogP contribution is -2.09. The minimum Gasteiger partial charge on any atom is -0.456 e. The third-order valence-corrected chi connectivity index (χ3v) is 13.4. The maximum atomic E-state index is 6.13. The zero-order chi connectivity index (χ0) is 40.3. The van der Waals surface area contributed by atoms with Gasteiger partial charge in [-0.15, -0.1) is 11.3 Å². The van der Waals surface area contributed by atoms with Crippen molar-refractivity contribution < 1.29 is 4.42 Å². The second kappa shape index (κ2) is 14.5. The number of rotatable bonds is 7. The van der Waals surface area contributed by atoms with E-state index in [9.17, 15) is 0 Å². The van der Waals surface area contributed by atoms with Gasteiger partial charge in [0.25, 0.3) is 0 Å². The summed E-state index contributed by atoms with van der Waals surface area (Å²) in [6.45, 7) is 0. The summed E-state index contributed by atoms with van der Waals surface area (Å²) in [7, 11) is 0. The van der Waals surface area contributed by atoms with Gasteiger partial charge in [0.1, 0.15) is 11.2 Å². The largest absolute Gasteiger partial charge is 0.456 e. The second-order valence-electron chi connectivity index (χ2n) is 15.7. The van der Waals surface area contributed by atoms with Crippen LogP contribution in [0.3, 0.4) is 0 Å². The average molecular weight is 796 g/mol. The van der Waals surface area contributed by atoms with Crippen LogP contribution in [0.15, 0.2) is 229 Å². The molecule has 12 rings (SSSR count). The molecule has 0 bridgehead atoms. The van der Waals surface area contributed by atoms with E-state index < -0.39 is 0 Å². The molecular weight excluding hydrogens is 759 g/mol. The number of thiophene rings is 1. The van der Waals surface area contributed by atoms with Crippen LogP contribution in [-0.4, -0.2) is 0 Å². The lowest BCUT2D eigenvalue weighted by atomic mass is 9.99. The van der Waals surface area contributed by atoms with Crippen LogP contribution in [0.25, 0.3) is 97.4 Å². The van der Waals surface area contributed by atoms with Crippen molar-refractivity contribution in [2.24, 2.45) is 0 Å². The molecule has 0 fully saturated rings. The normalized spacial score (nSPS) is 11.6. The summed E-state index contributed by atoms with van der Waals surface area (Å²) in [4.78, 5) is 2.36. The molecule has 0 atom stereocenters. The van der Waals surface area contributed by atoms with Gasteiger partial charge in [0.2, 0.25) is 0 Å². The molecule has 0 N–H and O–H groups in total. The van der Waals surface area contributed by atoms with Crippen molar-refractivity contribution in [1.29, 1.82) is 0 Å². The molecule has 0 amide bonds. The maximum absolute atomic E-state index is 6.13. The fourth-order valence-electron chi connectivity index (χ4n) is 8.99. The first-order chi connectivity index (χ1) is 30.2. The molecule has 2 nitrogen and oxygen atoms in total. The van der Waals surface area contributed by atoms with E-state index in [1.807, 2.05) is 23.5 Å². The van der Waals surface area contributed by atoms with Crippen LogP contribution in [0.1, 0.15) is 0 Å². The van der Waals surface area contributed by atoms with Gasteiger partial charge in [-0.05, 0) is 110 Å². The predicted octanol–water partition coefficient (Wildman–Crippen LogP) is 17.2. The summed E-state index contributed by atoms with van der Waals surface area (Å²) in [5, 5.41) is 7.49. The third kappa shape index (κ3) is 6.18. The van der Waals surface area contributed by atoms with Gasteiger partial charge in [0.15, 0.2) is 0 Å². The molecular formula is C58H37NOS. The van der Waals surface area contributed by atoms with E-state index in [1.165, 1.54) is 64.3 Å². The minimum absolute atomic E-state index is 0.906. The van der Waals surface area contributed by atoms with Crippen LogP contribution in [0, 0.1) is 0 Å². The number of anilines is 3. The van der Waals surface area contributed by atoms with Crippen molar-refractivity contribution in [2.45, 2.75) is 0 Å². The first kappa shape index (κ1) is 35.2. The highest BCUT2D eigenvalue weighted by Crippen LogP contribution is 2.44. The van der Waals surface area contributed by atoms with Crippen LogP contribution in [-0.2, 0) is 0 Å². The summed E-state index contributed by atoms with van der Waals surface area (Å²) < 4.78 is 8.80. The van der Waals surface area contributed by atoms with Gasteiger partial charge < -0.3 is 9.32 Å². The molecule has 2 heterocycles. The van der Waals surface area contributed by atoms with Crippen molar-refractivity contribution in [2.75, 3.05) is 4.90 Å². The van der Waals surface area contributed by atoms with E-state index in [1.54, 1.807) is 0 Å². The number of fused-ring (bicyclic) bond motifs is 8. The van der Waals surface area contributed by atoms with Crippen molar-refractivity contribution in [1.82, 2.24) is 0 Å². The summed E-state index contributed by atoms with van der Waals surface area (Å²) in [5.74, 6) is 0. The first-order valence-corrected chi connectivity index (χ1v) is 21.5. The fraction of sp³-hybridized carbons (Fsp3) is 0. The molecule has 12 aromatic rings. The lowest BCUT2D eigenvalue weighted by Gasteiger charge is -2.26. The number of hydrogen-bond acceptors (Lipinski definition) is 3. The van der Waals surface area contributed by atoms with Gasteiger partial charge in [-0.2, -0.15) is 0 Å². The Morgan fingerprint density at radius 2 is 0.787 bits per heavy atom. The van der Waals surface area contributed by atoms with Gasteiger partial charge in [-0.1, -0.05) is 170 Å². The van der Waals surface area contributed by atoms with Gasteiger partial charge in [0, 0.05) is 48.0 Å². The molecule has 0 aliphatic heterocycles. The molecule has 0 aliphatic carbocycles. The van der Waals surface area contributed by atoms with Crippen molar-refractivity contribution in [3.63, 3.8) is 0 Å². The molecule has 0 aliphatic rings. The number of hydrogen-bond donors (Lipinski definition) is 0. The summed E-state index contributed by atoms with van der Waals surface area (Å²) in [5.41, 5.74) is 14.7. The van der Waals surface area contributed by atoms with Gasteiger partial charge in [0.05, 0.1) is 0 Å². The van der Waals surface area contributed by atoms with E-state index in [2.05, 4.69) is 217 Å². The Balaban J connectivity index is 0.918. The number of benzene rings is 10. The van der Waals surface area contributed by atoms with E-state index in [0.717, 1.165) is 50.1 Å². The number of furan rings is 1. The van der Waals surface area contributed by atoms with Gasteiger partial charge >= 0.3 is 0 Å². The molecule has 0 spiro atoms. The highest BCUT2D eigenvalue weighted by Gasteiger charge is 2.17. The fourth-order valence-corrected chi connectivity index (χ4v) is 10.4. The highest BCUT2D eigenvalue weighted by atomic mass is 32.1. The maximum Gasteiger partial charge on any atom is 0.135 e. The number of para-hydroxylation sites is 1. The molecule has 286 valence electrons. The van der Waals surface area contributed by atoms with Crippen molar-refractivity contribution in [3.8, 4) is 44.5 Å². The SMILES string of the molecule is c1ccc(-c2ccc(-c3ccc(N(c4ccc(-c5ccc6oc7ccccc7c6c5)cc4)c4ccc(-c5cccc6c5sc5c7ccccc7ccc65)cc4)cc3)cc2)cc1. The minimum atomic E-state index is 0.906. The van der Waals surface area contributed by atoms with Gasteiger partial charge in [-0.3, -0.25) is 0 Å². The molecule has 0 saturated heterocycles. The van der Waals surface area contributed by atoms with Crippen LogP contribution in [0.2, 0.25) is 0 Å². The second-order valence-corrected chi connectivity index (χ2v) is 16.7. The van der Waals surface area contributed by atoms with Gasteiger partial charge in [-0.25, -0.2) is 0 Å². The Kier molecular flexibility index (Phi) is 8.39. The molecule has 10 aromatic carbocycles. The standard InChI is InChI=1S/C58H37NOS/c1-2-9-38(10-3-1)39-17-19-40(20-18-39)41-21-29-46(30-22-41)59(47-31-23-42(24-32-47)45-28-36-56-54(37-45)51-13-6-7-16-55(51)60-56)48-33-25-44(26-34-48)50-14-8-15-52-53-35-27-43-11-4-5-12-49(43)58(53)61-57(50)52/h1-37H. The summed E-state index contributed by atoms with van der Waals surface area (Å²) in [6.07, 6.45) is 0. The molecule has 2 aromatic heterocycles. The van der Waals surface area contributed by atoms with E-state index in [-0.39, 0.29) is 0 Å². The quantitative estimate of drug-likeness (QED) is 0.160. The zero-order valence-corrected chi connectivity index (χ0v) is 33.9. The van der Waals surface area contributed by atoms with Crippen LogP contribution >= 0.6 is 11.3 Å². The zero-order valence-electron chi connectivity index (χ0n) is 33.1. The topological polar surface area (TPSA) is 16.4 Å². The lowest BCUT2D eigenvalue weighted by molar-refractivity contribution is 0.669. The summed E-state index contributed by atoms with van der Waals surface area (Å²) >= 11 is 1.90. The molecule has 3 heteroatoms. The van der Waals surface area contributed by atoms with Crippen LogP contribution in [0.5, 0.6) is 0 Å². The molecule has 0 radical (unpaired) electrons. The smallest absolute Gasteiger partial charge is 0.135 e. The molecule has 61 heavy (non-hydrogen) atoms. The molecule has 0 saturated carbocycles. The van der Waals surface area contributed by atoms with E-state index >= 15 is 0 Å². The van der Waals surface area contributed by atoms with Crippen LogP contribution in [0.4, 0.5) is 17.1 Å². The Hall–Kier alpha value is -7.72. The van der Waals surface area contributed by atoms with Crippen molar-refractivity contribution in [3.05, 3.63) is 224 Å². The first-order valence-electron chi connectivity index (χ1n) is 20.7. The van der Waals surface area contributed by atoms with Crippen molar-refractivity contribution >= 4 is 81.3 Å². The third-order valence-electron chi connectivity index (χ3n) is 12.1. The Morgan fingerprint density at radius 3 is 1.48 bits per heavy atom. The average Bonchev–Trinajstić information content (AvgIpc) is 3.91. The van der Waals surface area contributed by atoms with E-state index in [0.29, 0.717) is 0 Å². The van der Waals surface area contributed by atoms with E-state index in [4.69, 9.17) is 4.42 Å². The number of nitrogens with zero attached hydrogens (tertiary/aromatic N) is 1. The predicted molar refractivity (Wildman–Crippen MR) is 261 cm³/mol. The van der Waals surface area contributed by atoms with Crippen LogP contribution < -0.4 is 4.90 Å². The summed E-state index contributed by atoms with van der Waals surface area (Å²) in [6, 6.07) is 81.1. The molecule has 0 unspecified atom stereocenters.